The van der Waals surface area contributed by atoms with E-state index in [1.54, 1.807) is 0 Å². The summed E-state index contributed by atoms with van der Waals surface area (Å²) >= 11 is 1.19. The Labute approximate surface area is 183 Å². The fourth-order valence-corrected chi connectivity index (χ4v) is 4.86. The molecular formula is C21H24N6O3S. The predicted octanol–water partition coefficient (Wildman–Crippen LogP) is 2.52. The first-order chi connectivity index (χ1) is 15.1. The van der Waals surface area contributed by atoms with Gasteiger partial charge in [0.25, 0.3) is 5.91 Å². The van der Waals surface area contributed by atoms with Crippen molar-refractivity contribution in [3.05, 3.63) is 36.2 Å². The number of benzene rings is 1. The summed E-state index contributed by atoms with van der Waals surface area (Å²) in [5.41, 5.74) is 2.54. The van der Waals surface area contributed by atoms with Gasteiger partial charge in [0, 0.05) is 5.92 Å². The standard InChI is InChI=1S/C21H24N6O3S/c28-16(24-27-18(29)21(23-20(27)30)11-5-2-6-12-21)13-31-19-22-17(14-9-10-14)26(25-19)15-7-3-1-4-8-15/h1,3-4,7-8,14H,2,5-6,9-13H2,(H,23,30)(H,24,28). The summed E-state index contributed by atoms with van der Waals surface area (Å²) in [6.07, 6.45) is 6.24. The van der Waals surface area contributed by atoms with Gasteiger partial charge in [0.2, 0.25) is 11.1 Å². The zero-order valence-electron chi connectivity index (χ0n) is 17.0. The lowest BCUT2D eigenvalue weighted by atomic mass is 9.82. The van der Waals surface area contributed by atoms with Crippen LogP contribution >= 0.6 is 11.8 Å². The summed E-state index contributed by atoms with van der Waals surface area (Å²) < 4.78 is 1.84. The van der Waals surface area contributed by atoms with E-state index in [9.17, 15) is 14.4 Å². The van der Waals surface area contributed by atoms with Crippen molar-refractivity contribution in [1.82, 2.24) is 30.5 Å². The highest BCUT2D eigenvalue weighted by Crippen LogP contribution is 2.40. The Balaban J connectivity index is 1.23. The number of nitrogens with one attached hydrogen (secondary N) is 2. The Morgan fingerprint density at radius 2 is 1.90 bits per heavy atom. The van der Waals surface area contributed by atoms with Gasteiger partial charge in [0.05, 0.1) is 11.4 Å². The van der Waals surface area contributed by atoms with Crippen molar-refractivity contribution in [3.63, 3.8) is 0 Å². The highest BCUT2D eigenvalue weighted by Gasteiger charge is 2.52. The van der Waals surface area contributed by atoms with Crippen LogP contribution in [0, 0.1) is 0 Å². The van der Waals surface area contributed by atoms with Crippen LogP contribution < -0.4 is 10.7 Å². The Morgan fingerprint density at radius 3 is 2.61 bits per heavy atom. The van der Waals surface area contributed by atoms with Crippen molar-refractivity contribution >= 4 is 29.6 Å². The molecule has 0 unspecified atom stereocenters. The summed E-state index contributed by atoms with van der Waals surface area (Å²) in [7, 11) is 0. The Kier molecular flexibility index (Phi) is 5.17. The zero-order chi connectivity index (χ0) is 21.4. The first kappa shape index (κ1) is 20.0. The van der Waals surface area contributed by atoms with Gasteiger partial charge < -0.3 is 5.32 Å². The number of amides is 4. The summed E-state index contributed by atoms with van der Waals surface area (Å²) in [6.45, 7) is 0. The predicted molar refractivity (Wildman–Crippen MR) is 113 cm³/mol. The number of thioether (sulfide) groups is 1. The SMILES string of the molecule is O=C(CSc1nc(C2CC2)n(-c2ccccc2)n1)NN1C(=O)NC2(CCCCC2)C1=O. The van der Waals surface area contributed by atoms with Gasteiger partial charge in [0.1, 0.15) is 11.4 Å². The highest BCUT2D eigenvalue weighted by atomic mass is 32.2. The van der Waals surface area contributed by atoms with Crippen LogP contribution in [0.25, 0.3) is 5.69 Å². The second kappa shape index (κ2) is 7.99. The Morgan fingerprint density at radius 1 is 1.16 bits per heavy atom. The molecule has 2 aliphatic carbocycles. The monoisotopic (exact) mass is 440 g/mol. The molecule has 2 heterocycles. The van der Waals surface area contributed by atoms with Crippen LogP contribution in [0.1, 0.15) is 56.7 Å². The topological polar surface area (TPSA) is 109 Å². The van der Waals surface area contributed by atoms with E-state index >= 15 is 0 Å². The molecule has 162 valence electrons. The van der Waals surface area contributed by atoms with E-state index in [1.165, 1.54) is 11.8 Å². The zero-order valence-corrected chi connectivity index (χ0v) is 17.9. The molecule has 10 heteroatoms. The first-order valence-corrected chi connectivity index (χ1v) is 11.7. The number of hydrazine groups is 1. The molecule has 1 aromatic carbocycles. The van der Waals surface area contributed by atoms with E-state index < -0.39 is 17.5 Å². The third-order valence-corrected chi connectivity index (χ3v) is 6.83. The summed E-state index contributed by atoms with van der Waals surface area (Å²) in [6, 6.07) is 9.23. The molecule has 3 aliphatic rings. The molecule has 1 aliphatic heterocycles. The molecule has 0 radical (unpaired) electrons. The molecule has 9 nitrogen and oxygen atoms in total. The van der Waals surface area contributed by atoms with E-state index in [4.69, 9.17) is 0 Å². The number of aromatic nitrogens is 3. The molecule has 2 N–H and O–H groups in total. The molecule has 1 spiro atoms. The molecular weight excluding hydrogens is 416 g/mol. The molecule has 3 fully saturated rings. The summed E-state index contributed by atoms with van der Waals surface area (Å²) in [5, 5.41) is 8.69. The molecule has 31 heavy (non-hydrogen) atoms. The maximum Gasteiger partial charge on any atom is 0.344 e. The van der Waals surface area contributed by atoms with Crippen LogP contribution in [-0.4, -0.2) is 48.9 Å². The fourth-order valence-electron chi connectivity index (χ4n) is 4.23. The van der Waals surface area contributed by atoms with Gasteiger partial charge in [-0.05, 0) is 37.8 Å². The van der Waals surface area contributed by atoms with Crippen LogP contribution in [0.4, 0.5) is 4.79 Å². The molecule has 1 aromatic heterocycles. The minimum Gasteiger partial charge on any atom is -0.322 e. The van der Waals surface area contributed by atoms with Crippen molar-refractivity contribution in [2.45, 2.75) is 61.6 Å². The highest BCUT2D eigenvalue weighted by molar-refractivity contribution is 7.99. The average molecular weight is 441 g/mol. The number of rotatable bonds is 6. The van der Waals surface area contributed by atoms with Crippen molar-refractivity contribution < 1.29 is 14.4 Å². The lowest BCUT2D eigenvalue weighted by molar-refractivity contribution is -0.139. The van der Waals surface area contributed by atoms with E-state index in [-0.39, 0.29) is 11.7 Å². The third kappa shape index (κ3) is 3.91. The molecule has 4 amide bonds. The van der Waals surface area contributed by atoms with Gasteiger partial charge in [-0.3, -0.25) is 15.0 Å². The third-order valence-electron chi connectivity index (χ3n) is 5.99. The van der Waals surface area contributed by atoms with Gasteiger partial charge in [0.15, 0.2) is 0 Å². The second-order valence-corrected chi connectivity index (χ2v) is 9.25. The Hall–Kier alpha value is -2.88. The number of hydrogen-bond donors (Lipinski definition) is 2. The van der Waals surface area contributed by atoms with Gasteiger partial charge in [-0.2, -0.15) is 5.01 Å². The quantitative estimate of drug-likeness (QED) is 0.528. The Bertz CT molecular complexity index is 1010. The van der Waals surface area contributed by atoms with Crippen molar-refractivity contribution in [2.24, 2.45) is 0 Å². The summed E-state index contributed by atoms with van der Waals surface area (Å²) in [4.78, 5) is 42.2. The maximum absolute atomic E-state index is 12.8. The van der Waals surface area contributed by atoms with E-state index in [1.807, 2.05) is 35.0 Å². The van der Waals surface area contributed by atoms with Gasteiger partial charge in [-0.1, -0.05) is 49.2 Å². The minimum atomic E-state index is -0.856. The molecule has 5 rings (SSSR count). The van der Waals surface area contributed by atoms with Gasteiger partial charge in [-0.15, -0.1) is 5.10 Å². The normalized spacial score (nSPS) is 20.2. The number of para-hydroxylation sites is 1. The second-order valence-electron chi connectivity index (χ2n) is 8.31. The molecule has 1 saturated heterocycles. The summed E-state index contributed by atoms with van der Waals surface area (Å²) in [5.74, 6) is 0.506. The largest absolute Gasteiger partial charge is 0.344 e. The smallest absolute Gasteiger partial charge is 0.322 e. The van der Waals surface area contributed by atoms with Crippen molar-refractivity contribution in [2.75, 3.05) is 5.75 Å². The number of urea groups is 1. The number of hydrogen-bond acceptors (Lipinski definition) is 6. The van der Waals surface area contributed by atoms with E-state index in [0.717, 1.165) is 48.6 Å². The fraction of sp³-hybridized carbons (Fsp3) is 0.476. The number of imide groups is 1. The van der Waals surface area contributed by atoms with Gasteiger partial charge >= 0.3 is 6.03 Å². The lowest BCUT2D eigenvalue weighted by Crippen LogP contribution is -2.51. The van der Waals surface area contributed by atoms with Crippen LogP contribution in [-0.2, 0) is 9.59 Å². The van der Waals surface area contributed by atoms with Crippen LogP contribution in [0.2, 0.25) is 0 Å². The molecule has 2 saturated carbocycles. The van der Waals surface area contributed by atoms with Crippen molar-refractivity contribution in [1.29, 1.82) is 0 Å². The van der Waals surface area contributed by atoms with Crippen LogP contribution in [0.3, 0.4) is 0 Å². The van der Waals surface area contributed by atoms with E-state index in [0.29, 0.717) is 23.9 Å². The van der Waals surface area contributed by atoms with Gasteiger partial charge in [-0.25, -0.2) is 14.5 Å². The molecule has 2 aromatic rings. The number of carbonyl (C=O) groups excluding carboxylic acids is 3. The van der Waals surface area contributed by atoms with Crippen molar-refractivity contribution in [3.8, 4) is 5.69 Å². The minimum absolute atomic E-state index is 0.00691. The lowest BCUT2D eigenvalue weighted by Gasteiger charge is -2.30. The first-order valence-electron chi connectivity index (χ1n) is 10.7. The molecule has 0 bridgehead atoms. The number of carbonyl (C=O) groups is 3. The van der Waals surface area contributed by atoms with E-state index in [2.05, 4.69) is 20.8 Å². The average Bonchev–Trinajstić information content (AvgIpc) is 3.51. The number of nitrogens with zero attached hydrogens (tertiary/aromatic N) is 4. The van der Waals surface area contributed by atoms with Crippen LogP contribution in [0.5, 0.6) is 0 Å². The van der Waals surface area contributed by atoms with Crippen LogP contribution in [0.15, 0.2) is 35.5 Å². The maximum atomic E-state index is 12.8. The molecule has 0 atom stereocenters.